The summed E-state index contributed by atoms with van der Waals surface area (Å²) >= 11 is 0. The molecule has 0 bridgehead atoms. The highest BCUT2D eigenvalue weighted by Gasteiger charge is 2.19. The van der Waals surface area contributed by atoms with Crippen LogP contribution >= 0.6 is 0 Å². The van der Waals surface area contributed by atoms with Gasteiger partial charge in [-0.25, -0.2) is 4.98 Å². The van der Waals surface area contributed by atoms with E-state index < -0.39 is 12.0 Å². The van der Waals surface area contributed by atoms with Crippen molar-refractivity contribution in [3.05, 3.63) is 78.6 Å². The van der Waals surface area contributed by atoms with E-state index in [1.165, 1.54) is 6.08 Å². The molecule has 1 unspecified atom stereocenters. The lowest BCUT2D eigenvalue weighted by Gasteiger charge is -2.14. The first kappa shape index (κ1) is 31.9. The third kappa shape index (κ3) is 8.10. The van der Waals surface area contributed by atoms with Crippen molar-refractivity contribution in [1.29, 1.82) is 5.26 Å². The second kappa shape index (κ2) is 14.5. The van der Waals surface area contributed by atoms with Crippen molar-refractivity contribution in [2.75, 3.05) is 33.1 Å². The fraction of sp³-hybridized carbons (Fsp3) is 0.294. The standard InChI is InChI=1S/C34H38N6O4/c1-22(2)12-31(36)34(42)44-21-40-20-30(24-9-6-8-23(13-24)18-35)29-16-26(19-37-33(29)40)25-14-27(17-28(15-25)43-5)38-32(41)10-7-11-39(3)4/h6-10,13-17,19-20,22,31H,11-12,21,36H2,1-5H3,(H,38,41). The number of carbonyl (C=O) groups excluding carboxylic acids is 2. The largest absolute Gasteiger partial charge is 0.497 e. The van der Waals surface area contributed by atoms with Gasteiger partial charge < -0.3 is 25.4 Å². The first-order chi connectivity index (χ1) is 21.1. The quantitative estimate of drug-likeness (QED) is 0.169. The van der Waals surface area contributed by atoms with E-state index in [9.17, 15) is 14.9 Å². The summed E-state index contributed by atoms with van der Waals surface area (Å²) in [5.41, 5.74) is 10.9. The van der Waals surface area contributed by atoms with Crippen LogP contribution in [0.2, 0.25) is 0 Å². The summed E-state index contributed by atoms with van der Waals surface area (Å²) in [6.07, 6.45) is 7.39. The molecule has 0 radical (unpaired) electrons. The molecule has 1 amide bonds. The lowest BCUT2D eigenvalue weighted by Crippen LogP contribution is -2.33. The molecule has 0 aliphatic carbocycles. The van der Waals surface area contributed by atoms with Gasteiger partial charge in [-0.05, 0) is 67.9 Å². The van der Waals surface area contributed by atoms with E-state index in [1.54, 1.807) is 42.1 Å². The van der Waals surface area contributed by atoms with Crippen LogP contribution in [0, 0.1) is 17.2 Å². The number of pyridine rings is 1. The summed E-state index contributed by atoms with van der Waals surface area (Å²) in [7, 11) is 5.42. The second-order valence-electron chi connectivity index (χ2n) is 11.2. The minimum Gasteiger partial charge on any atom is -0.497 e. The molecule has 1 atom stereocenters. The molecule has 4 rings (SSSR count). The van der Waals surface area contributed by atoms with E-state index in [2.05, 4.69) is 11.4 Å². The topological polar surface area (TPSA) is 136 Å². The van der Waals surface area contributed by atoms with Crippen LogP contribution in [0.1, 0.15) is 25.8 Å². The minimum atomic E-state index is -0.714. The fourth-order valence-corrected chi connectivity index (χ4v) is 4.77. The van der Waals surface area contributed by atoms with Crippen LogP contribution in [-0.4, -0.2) is 60.1 Å². The molecule has 0 aliphatic rings. The van der Waals surface area contributed by atoms with Gasteiger partial charge in [0.15, 0.2) is 6.73 Å². The minimum absolute atomic E-state index is 0.0674. The highest BCUT2D eigenvalue weighted by atomic mass is 16.5. The number of nitrogens with zero attached hydrogens (tertiary/aromatic N) is 4. The number of methoxy groups -OCH3 is 1. The summed E-state index contributed by atoms with van der Waals surface area (Å²) < 4.78 is 12.9. The SMILES string of the molecule is COc1cc(NC(=O)C=CCN(C)C)cc(-c2cnc3c(c2)c(-c2cccc(C#N)c2)cn3COC(=O)C(N)CC(C)C)c1. The van der Waals surface area contributed by atoms with Crippen molar-refractivity contribution in [1.82, 2.24) is 14.5 Å². The summed E-state index contributed by atoms with van der Waals surface area (Å²) in [6, 6.07) is 16.2. The van der Waals surface area contributed by atoms with Gasteiger partial charge in [-0.2, -0.15) is 5.26 Å². The first-order valence-corrected chi connectivity index (χ1v) is 14.3. The normalized spacial score (nSPS) is 12.1. The van der Waals surface area contributed by atoms with Gasteiger partial charge in [0, 0.05) is 53.3 Å². The first-order valence-electron chi connectivity index (χ1n) is 14.3. The molecule has 3 N–H and O–H groups in total. The maximum Gasteiger partial charge on any atom is 0.324 e. The summed E-state index contributed by atoms with van der Waals surface area (Å²) in [5.74, 6) is 0.0973. The summed E-state index contributed by atoms with van der Waals surface area (Å²) in [4.78, 5) is 31.8. The van der Waals surface area contributed by atoms with Crippen LogP contribution in [0.5, 0.6) is 5.75 Å². The molecule has 10 heteroatoms. The highest BCUT2D eigenvalue weighted by molar-refractivity contribution is 6.00. The van der Waals surface area contributed by atoms with E-state index >= 15 is 0 Å². The number of nitriles is 1. The molecule has 2 aromatic carbocycles. The maximum atomic E-state index is 12.6. The number of fused-ring (bicyclic) bond motifs is 1. The summed E-state index contributed by atoms with van der Waals surface area (Å²) in [5, 5.41) is 13.2. The maximum absolute atomic E-state index is 12.6. The van der Waals surface area contributed by atoms with Crippen molar-refractivity contribution in [3.63, 3.8) is 0 Å². The monoisotopic (exact) mass is 594 g/mol. The van der Waals surface area contributed by atoms with Crippen LogP contribution in [0.3, 0.4) is 0 Å². The number of hydrogen-bond acceptors (Lipinski definition) is 8. The van der Waals surface area contributed by atoms with Gasteiger partial charge in [0.05, 0.1) is 18.7 Å². The van der Waals surface area contributed by atoms with Gasteiger partial charge in [0.2, 0.25) is 5.91 Å². The Labute approximate surface area is 257 Å². The van der Waals surface area contributed by atoms with E-state index in [-0.39, 0.29) is 18.6 Å². The van der Waals surface area contributed by atoms with Crippen molar-refractivity contribution in [3.8, 4) is 34.1 Å². The Bertz CT molecular complexity index is 1720. The van der Waals surface area contributed by atoms with Gasteiger partial charge >= 0.3 is 5.97 Å². The van der Waals surface area contributed by atoms with Crippen LogP contribution < -0.4 is 15.8 Å². The van der Waals surface area contributed by atoms with E-state index in [0.29, 0.717) is 35.6 Å². The number of nitrogens with one attached hydrogen (secondary N) is 1. The zero-order valence-electron chi connectivity index (χ0n) is 25.7. The Kier molecular flexibility index (Phi) is 10.5. The molecule has 228 valence electrons. The molecule has 0 fully saturated rings. The van der Waals surface area contributed by atoms with Crippen molar-refractivity contribution in [2.24, 2.45) is 11.7 Å². The fourth-order valence-electron chi connectivity index (χ4n) is 4.77. The predicted molar refractivity (Wildman–Crippen MR) is 172 cm³/mol. The number of benzene rings is 2. The Hall–Kier alpha value is -4.98. The lowest BCUT2D eigenvalue weighted by molar-refractivity contribution is -0.149. The number of nitrogens with two attached hydrogens (primary N) is 1. The average molecular weight is 595 g/mol. The number of hydrogen-bond donors (Lipinski definition) is 2. The Morgan fingerprint density at radius 2 is 1.93 bits per heavy atom. The van der Waals surface area contributed by atoms with Gasteiger partial charge in [-0.15, -0.1) is 0 Å². The zero-order valence-corrected chi connectivity index (χ0v) is 25.7. The van der Waals surface area contributed by atoms with Gasteiger partial charge in [0.25, 0.3) is 0 Å². The van der Waals surface area contributed by atoms with Crippen molar-refractivity contribution >= 4 is 28.6 Å². The van der Waals surface area contributed by atoms with Gasteiger partial charge in [-0.1, -0.05) is 32.1 Å². The van der Waals surface area contributed by atoms with Crippen LogP contribution in [0.15, 0.2) is 73.1 Å². The number of ether oxygens (including phenoxy) is 2. The number of aromatic nitrogens is 2. The lowest BCUT2D eigenvalue weighted by atomic mass is 10.0. The third-order valence-corrected chi connectivity index (χ3v) is 6.87. The molecule has 2 aromatic heterocycles. The molecule has 0 spiro atoms. The molecule has 44 heavy (non-hydrogen) atoms. The molecule has 0 saturated heterocycles. The average Bonchev–Trinajstić information content (AvgIpc) is 3.37. The van der Waals surface area contributed by atoms with Gasteiger partial charge in [0.1, 0.15) is 17.4 Å². The van der Waals surface area contributed by atoms with Crippen LogP contribution in [0.25, 0.3) is 33.3 Å². The Morgan fingerprint density at radius 3 is 2.64 bits per heavy atom. The zero-order chi connectivity index (χ0) is 31.8. The number of anilines is 1. The molecule has 0 aliphatic heterocycles. The third-order valence-electron chi connectivity index (χ3n) is 6.87. The Morgan fingerprint density at radius 1 is 1.14 bits per heavy atom. The predicted octanol–water partition coefficient (Wildman–Crippen LogP) is 5.18. The summed E-state index contributed by atoms with van der Waals surface area (Å²) in [6.45, 7) is 4.57. The highest BCUT2D eigenvalue weighted by Crippen LogP contribution is 2.35. The number of rotatable bonds is 12. The molecule has 0 saturated carbocycles. The van der Waals surface area contributed by atoms with Crippen LogP contribution in [-0.2, 0) is 21.1 Å². The van der Waals surface area contributed by atoms with Crippen molar-refractivity contribution < 1.29 is 19.1 Å². The van der Waals surface area contributed by atoms with E-state index in [4.69, 9.17) is 20.2 Å². The molecule has 10 nitrogen and oxygen atoms in total. The number of likely N-dealkylation sites (N-methyl/N-ethyl adjacent to an activating group) is 1. The van der Waals surface area contributed by atoms with Gasteiger partial charge in [-0.3, -0.25) is 14.2 Å². The second-order valence-corrected chi connectivity index (χ2v) is 11.2. The molecule has 4 aromatic rings. The number of carbonyl (C=O) groups is 2. The van der Waals surface area contributed by atoms with Crippen LogP contribution in [0.4, 0.5) is 5.69 Å². The Balaban J connectivity index is 1.73. The molecular weight excluding hydrogens is 556 g/mol. The van der Waals surface area contributed by atoms with E-state index in [1.807, 2.05) is 69.4 Å². The molecule has 2 heterocycles. The number of esters is 1. The van der Waals surface area contributed by atoms with Crippen molar-refractivity contribution in [2.45, 2.75) is 33.0 Å². The van der Waals surface area contributed by atoms with E-state index in [0.717, 1.165) is 27.6 Å². The molecular formula is C34H38N6O4. The number of amides is 1. The smallest absolute Gasteiger partial charge is 0.324 e.